The maximum absolute atomic E-state index is 13.0. The number of nitrogens with one attached hydrogen (secondary N) is 1. The molecule has 0 saturated carbocycles. The van der Waals surface area contributed by atoms with E-state index in [9.17, 15) is 9.59 Å². The van der Waals surface area contributed by atoms with E-state index >= 15 is 0 Å². The summed E-state index contributed by atoms with van der Waals surface area (Å²) >= 11 is 0. The van der Waals surface area contributed by atoms with Crippen LogP contribution in [0.1, 0.15) is 67.7 Å². The Hall–Kier alpha value is -1.06. The number of rotatable bonds is 4. The molecule has 0 aromatic rings. The molecule has 0 aromatic heterocycles. The van der Waals surface area contributed by atoms with Crippen molar-refractivity contribution < 1.29 is 9.59 Å². The summed E-state index contributed by atoms with van der Waals surface area (Å²) < 4.78 is 0. The van der Waals surface area contributed by atoms with Gasteiger partial charge in [-0.25, -0.2) is 0 Å². The largest absolute Gasteiger partial charge is 0.340 e. The second-order valence-electron chi connectivity index (χ2n) is 7.13. The lowest BCUT2D eigenvalue weighted by molar-refractivity contribution is -0.162. The van der Waals surface area contributed by atoms with Crippen molar-refractivity contribution in [3.63, 3.8) is 0 Å². The van der Waals surface area contributed by atoms with Gasteiger partial charge in [-0.1, -0.05) is 41.5 Å². The third-order valence-corrected chi connectivity index (χ3v) is 4.50. The molecular weight excluding hydrogens is 252 g/mol. The molecular formula is C16H30N2O2. The Morgan fingerprint density at radius 3 is 2.05 bits per heavy atom. The first kappa shape index (κ1) is 17.0. The maximum atomic E-state index is 13.0. The highest BCUT2D eigenvalue weighted by atomic mass is 16.2. The molecule has 4 nitrogen and oxygen atoms in total. The molecule has 0 spiro atoms. The zero-order valence-corrected chi connectivity index (χ0v) is 14.0. The van der Waals surface area contributed by atoms with Crippen molar-refractivity contribution in [3.05, 3.63) is 0 Å². The number of piperazine rings is 1. The molecule has 116 valence electrons. The van der Waals surface area contributed by atoms with E-state index in [2.05, 4.69) is 19.2 Å². The van der Waals surface area contributed by atoms with E-state index in [1.165, 1.54) is 0 Å². The van der Waals surface area contributed by atoms with Crippen molar-refractivity contribution in [2.24, 2.45) is 5.41 Å². The first-order valence-electron chi connectivity index (χ1n) is 7.77. The van der Waals surface area contributed by atoms with Gasteiger partial charge in [-0.15, -0.1) is 0 Å². The Balaban J connectivity index is 3.31. The Kier molecular flexibility index (Phi) is 4.88. The average molecular weight is 282 g/mol. The minimum Gasteiger partial charge on any atom is -0.340 e. The highest BCUT2D eigenvalue weighted by Crippen LogP contribution is 2.34. The Morgan fingerprint density at radius 1 is 1.20 bits per heavy atom. The molecule has 1 aliphatic heterocycles. The van der Waals surface area contributed by atoms with Crippen LogP contribution < -0.4 is 5.32 Å². The first-order valence-corrected chi connectivity index (χ1v) is 7.77. The van der Waals surface area contributed by atoms with Gasteiger partial charge in [0.1, 0.15) is 11.6 Å². The van der Waals surface area contributed by atoms with Gasteiger partial charge < -0.3 is 10.2 Å². The quantitative estimate of drug-likeness (QED) is 0.862. The van der Waals surface area contributed by atoms with Gasteiger partial charge >= 0.3 is 0 Å². The van der Waals surface area contributed by atoms with Crippen LogP contribution in [-0.4, -0.2) is 34.3 Å². The zero-order chi connectivity index (χ0) is 15.7. The number of hydrogen-bond acceptors (Lipinski definition) is 2. The molecule has 1 heterocycles. The molecule has 1 N–H and O–H groups in total. The number of carbonyl (C=O) groups excluding carboxylic acids is 2. The summed E-state index contributed by atoms with van der Waals surface area (Å²) in [5, 5.41) is 2.95. The van der Waals surface area contributed by atoms with E-state index in [-0.39, 0.29) is 29.3 Å². The SMILES string of the molecule is CCC(CC)N1C(=O)C(C)(CC)NC(=O)C1C(C)(C)C. The molecule has 0 radical (unpaired) electrons. The van der Waals surface area contributed by atoms with Crippen LogP contribution in [0, 0.1) is 5.41 Å². The highest BCUT2D eigenvalue weighted by Gasteiger charge is 2.52. The van der Waals surface area contributed by atoms with Crippen molar-refractivity contribution in [2.45, 2.75) is 85.4 Å². The van der Waals surface area contributed by atoms with Crippen LogP contribution in [0.5, 0.6) is 0 Å². The first-order chi connectivity index (χ1) is 9.12. The van der Waals surface area contributed by atoms with E-state index < -0.39 is 5.54 Å². The van der Waals surface area contributed by atoms with Crippen LogP contribution in [0.25, 0.3) is 0 Å². The number of hydrogen-bond donors (Lipinski definition) is 1. The van der Waals surface area contributed by atoms with Gasteiger partial charge in [0.15, 0.2) is 0 Å². The normalized spacial score (nSPS) is 28.0. The molecule has 1 fully saturated rings. The van der Waals surface area contributed by atoms with Gasteiger partial charge in [0.05, 0.1) is 0 Å². The molecule has 1 saturated heterocycles. The van der Waals surface area contributed by atoms with Gasteiger partial charge in [-0.3, -0.25) is 9.59 Å². The van der Waals surface area contributed by atoms with E-state index in [0.29, 0.717) is 6.42 Å². The van der Waals surface area contributed by atoms with Crippen LogP contribution >= 0.6 is 0 Å². The van der Waals surface area contributed by atoms with Gasteiger partial charge in [0.2, 0.25) is 11.8 Å². The van der Waals surface area contributed by atoms with Crippen LogP contribution in [0.2, 0.25) is 0 Å². The van der Waals surface area contributed by atoms with Crippen LogP contribution in [0.4, 0.5) is 0 Å². The number of amides is 2. The minimum atomic E-state index is -0.762. The fourth-order valence-electron chi connectivity index (χ4n) is 3.03. The zero-order valence-electron chi connectivity index (χ0n) is 14.0. The van der Waals surface area contributed by atoms with Crippen LogP contribution in [0.15, 0.2) is 0 Å². The Labute approximate surface area is 123 Å². The third kappa shape index (κ3) is 2.84. The predicted octanol–water partition coefficient (Wildman–Crippen LogP) is 2.72. The average Bonchev–Trinajstić information content (AvgIpc) is 2.34. The van der Waals surface area contributed by atoms with Crippen molar-refractivity contribution >= 4 is 11.8 Å². The summed E-state index contributed by atoms with van der Waals surface area (Å²) in [5.74, 6) is 0.0431. The topological polar surface area (TPSA) is 49.4 Å². The van der Waals surface area contributed by atoms with E-state index in [4.69, 9.17) is 0 Å². The number of carbonyl (C=O) groups is 2. The minimum absolute atomic E-state index is 0.0200. The molecule has 2 unspecified atom stereocenters. The molecule has 2 atom stereocenters. The molecule has 0 aromatic carbocycles. The van der Waals surface area contributed by atoms with E-state index in [1.54, 1.807) is 0 Å². The van der Waals surface area contributed by atoms with Crippen molar-refractivity contribution in [2.75, 3.05) is 0 Å². The van der Waals surface area contributed by atoms with E-state index in [1.807, 2.05) is 39.5 Å². The molecule has 20 heavy (non-hydrogen) atoms. The lowest BCUT2D eigenvalue weighted by Crippen LogP contribution is -2.73. The summed E-state index contributed by atoms with van der Waals surface area (Å²) in [6.07, 6.45) is 2.37. The second kappa shape index (κ2) is 5.74. The summed E-state index contributed by atoms with van der Waals surface area (Å²) in [6.45, 7) is 14.0. The maximum Gasteiger partial charge on any atom is 0.248 e. The summed E-state index contributed by atoms with van der Waals surface area (Å²) in [7, 11) is 0. The van der Waals surface area contributed by atoms with Crippen molar-refractivity contribution in [1.29, 1.82) is 0 Å². The fourth-order valence-corrected chi connectivity index (χ4v) is 3.03. The lowest BCUT2D eigenvalue weighted by Gasteiger charge is -2.51. The van der Waals surface area contributed by atoms with Gasteiger partial charge in [-0.2, -0.15) is 0 Å². The standard InChI is InChI=1S/C16H30N2O2/c1-8-11(9-2)18-12(15(4,5)6)13(19)17-16(7,10-3)14(18)20/h11-12H,8-10H2,1-7H3,(H,17,19). The summed E-state index contributed by atoms with van der Waals surface area (Å²) in [4.78, 5) is 27.4. The lowest BCUT2D eigenvalue weighted by atomic mass is 9.79. The van der Waals surface area contributed by atoms with E-state index in [0.717, 1.165) is 12.8 Å². The molecule has 0 aliphatic carbocycles. The highest BCUT2D eigenvalue weighted by molar-refractivity contribution is 6.00. The molecule has 0 bridgehead atoms. The van der Waals surface area contributed by atoms with Gasteiger partial charge in [0, 0.05) is 6.04 Å². The third-order valence-electron chi connectivity index (χ3n) is 4.50. The monoisotopic (exact) mass is 282 g/mol. The van der Waals surface area contributed by atoms with Crippen molar-refractivity contribution in [3.8, 4) is 0 Å². The second-order valence-corrected chi connectivity index (χ2v) is 7.13. The van der Waals surface area contributed by atoms with Gasteiger partial charge in [-0.05, 0) is 31.6 Å². The Bertz CT molecular complexity index is 382. The fraction of sp³-hybridized carbons (Fsp3) is 0.875. The molecule has 4 heteroatoms. The van der Waals surface area contributed by atoms with Crippen LogP contribution in [0.3, 0.4) is 0 Å². The summed E-state index contributed by atoms with van der Waals surface area (Å²) in [6, 6.07) is -0.261. The summed E-state index contributed by atoms with van der Waals surface area (Å²) in [5.41, 5.74) is -1.03. The van der Waals surface area contributed by atoms with Crippen molar-refractivity contribution in [1.82, 2.24) is 10.2 Å². The van der Waals surface area contributed by atoms with Crippen LogP contribution in [-0.2, 0) is 9.59 Å². The molecule has 2 amide bonds. The molecule has 1 aliphatic rings. The predicted molar refractivity (Wildman–Crippen MR) is 81.3 cm³/mol. The van der Waals surface area contributed by atoms with Gasteiger partial charge in [0.25, 0.3) is 0 Å². The Morgan fingerprint density at radius 2 is 1.70 bits per heavy atom. The molecule has 1 rings (SSSR count). The number of nitrogens with zero attached hydrogens (tertiary/aromatic N) is 1. The smallest absolute Gasteiger partial charge is 0.248 e.